The van der Waals surface area contributed by atoms with Crippen LogP contribution in [0.2, 0.25) is 0 Å². The van der Waals surface area contributed by atoms with Crippen molar-refractivity contribution in [2.24, 2.45) is 7.05 Å². The number of hydrogen-bond acceptors (Lipinski definition) is 6. The standard InChI is InChI=1S/C17H24N4O2S/c1-21-16(13-5-4-8-18-12-13)19-20-17(21)24-10-9-23-15-7-3-6-14(11-15)22-2/h3,6-7,11,13,18H,4-5,8-10,12H2,1-2H3. The van der Waals surface area contributed by atoms with Crippen molar-refractivity contribution in [3.63, 3.8) is 0 Å². The zero-order valence-corrected chi connectivity index (χ0v) is 15.0. The Morgan fingerprint density at radius 2 is 2.21 bits per heavy atom. The smallest absolute Gasteiger partial charge is 0.191 e. The Labute approximate surface area is 146 Å². The molecule has 0 spiro atoms. The van der Waals surface area contributed by atoms with E-state index in [1.807, 2.05) is 24.3 Å². The number of benzene rings is 1. The number of piperidine rings is 1. The van der Waals surface area contributed by atoms with Gasteiger partial charge in [0.15, 0.2) is 5.16 Å². The summed E-state index contributed by atoms with van der Waals surface area (Å²) in [6, 6.07) is 7.65. The van der Waals surface area contributed by atoms with E-state index in [9.17, 15) is 0 Å². The fourth-order valence-electron chi connectivity index (χ4n) is 2.86. The molecule has 1 aromatic heterocycles. The summed E-state index contributed by atoms with van der Waals surface area (Å²) in [6.45, 7) is 2.72. The van der Waals surface area contributed by atoms with Gasteiger partial charge in [-0.2, -0.15) is 0 Å². The predicted octanol–water partition coefficient (Wildman–Crippen LogP) is 2.46. The van der Waals surface area contributed by atoms with Gasteiger partial charge in [-0.3, -0.25) is 0 Å². The highest BCUT2D eigenvalue weighted by Gasteiger charge is 2.21. The summed E-state index contributed by atoms with van der Waals surface area (Å²) in [6.07, 6.45) is 2.39. The fourth-order valence-corrected chi connectivity index (χ4v) is 3.60. The molecule has 1 saturated heterocycles. The minimum absolute atomic E-state index is 0.471. The third-order valence-corrected chi connectivity index (χ3v) is 5.14. The highest BCUT2D eigenvalue weighted by Crippen LogP contribution is 2.25. The summed E-state index contributed by atoms with van der Waals surface area (Å²) >= 11 is 1.67. The van der Waals surface area contributed by atoms with Crippen molar-refractivity contribution in [2.45, 2.75) is 23.9 Å². The number of rotatable bonds is 7. The quantitative estimate of drug-likeness (QED) is 0.613. The van der Waals surface area contributed by atoms with Gasteiger partial charge in [-0.15, -0.1) is 10.2 Å². The first kappa shape index (κ1) is 17.1. The van der Waals surface area contributed by atoms with Gasteiger partial charge in [0.2, 0.25) is 0 Å². The molecule has 2 heterocycles. The average Bonchev–Trinajstić information content (AvgIpc) is 3.00. The van der Waals surface area contributed by atoms with E-state index in [0.717, 1.165) is 41.3 Å². The molecule has 130 valence electrons. The first-order valence-corrected chi connectivity index (χ1v) is 9.26. The van der Waals surface area contributed by atoms with Crippen molar-refractivity contribution >= 4 is 11.8 Å². The van der Waals surface area contributed by atoms with Crippen LogP contribution in [0.4, 0.5) is 0 Å². The molecule has 3 rings (SSSR count). The van der Waals surface area contributed by atoms with Crippen LogP contribution in [0.1, 0.15) is 24.6 Å². The van der Waals surface area contributed by atoms with Crippen LogP contribution in [0.15, 0.2) is 29.4 Å². The van der Waals surface area contributed by atoms with Gasteiger partial charge in [0.25, 0.3) is 0 Å². The van der Waals surface area contributed by atoms with Gasteiger partial charge in [-0.25, -0.2) is 0 Å². The molecular weight excluding hydrogens is 324 g/mol. The van der Waals surface area contributed by atoms with E-state index in [1.165, 1.54) is 12.8 Å². The number of methoxy groups -OCH3 is 1. The molecule has 7 heteroatoms. The molecule has 1 aliphatic heterocycles. The lowest BCUT2D eigenvalue weighted by Crippen LogP contribution is -2.29. The van der Waals surface area contributed by atoms with E-state index >= 15 is 0 Å². The van der Waals surface area contributed by atoms with Crippen LogP contribution in [0.3, 0.4) is 0 Å². The van der Waals surface area contributed by atoms with Crippen molar-refractivity contribution in [3.05, 3.63) is 30.1 Å². The molecule has 0 bridgehead atoms. The Morgan fingerprint density at radius 3 is 3.00 bits per heavy atom. The lowest BCUT2D eigenvalue weighted by molar-refractivity contribution is 0.339. The molecule has 0 aliphatic carbocycles. The summed E-state index contributed by atoms with van der Waals surface area (Å²) in [4.78, 5) is 0. The molecule has 1 N–H and O–H groups in total. The SMILES string of the molecule is COc1cccc(OCCSc2nnc(C3CCCNC3)n2C)c1. The first-order valence-electron chi connectivity index (χ1n) is 8.27. The Kier molecular flexibility index (Phi) is 5.98. The van der Waals surface area contributed by atoms with E-state index in [1.54, 1.807) is 18.9 Å². The lowest BCUT2D eigenvalue weighted by atomic mass is 9.99. The summed E-state index contributed by atoms with van der Waals surface area (Å²) < 4.78 is 13.1. The monoisotopic (exact) mass is 348 g/mol. The largest absolute Gasteiger partial charge is 0.497 e. The van der Waals surface area contributed by atoms with Crippen LogP contribution in [0, 0.1) is 0 Å². The molecular formula is C17H24N4O2S. The fraction of sp³-hybridized carbons (Fsp3) is 0.529. The van der Waals surface area contributed by atoms with Crippen LogP contribution in [0.25, 0.3) is 0 Å². The van der Waals surface area contributed by atoms with Crippen molar-refractivity contribution < 1.29 is 9.47 Å². The van der Waals surface area contributed by atoms with E-state index in [4.69, 9.17) is 9.47 Å². The van der Waals surface area contributed by atoms with Crippen LogP contribution in [-0.4, -0.2) is 47.3 Å². The second-order valence-corrected chi connectivity index (χ2v) is 6.88. The lowest BCUT2D eigenvalue weighted by Gasteiger charge is -2.21. The highest BCUT2D eigenvalue weighted by atomic mass is 32.2. The first-order chi connectivity index (χ1) is 11.8. The Balaban J connectivity index is 1.49. The molecule has 24 heavy (non-hydrogen) atoms. The Morgan fingerprint density at radius 1 is 1.33 bits per heavy atom. The molecule has 1 aliphatic rings. The van der Waals surface area contributed by atoms with Crippen LogP contribution >= 0.6 is 11.8 Å². The van der Waals surface area contributed by atoms with Crippen molar-refractivity contribution in [1.82, 2.24) is 20.1 Å². The van der Waals surface area contributed by atoms with Gasteiger partial charge in [-0.05, 0) is 31.5 Å². The van der Waals surface area contributed by atoms with E-state index in [-0.39, 0.29) is 0 Å². The van der Waals surface area contributed by atoms with Gasteiger partial charge in [0, 0.05) is 31.3 Å². The molecule has 6 nitrogen and oxygen atoms in total. The number of hydrogen-bond donors (Lipinski definition) is 1. The van der Waals surface area contributed by atoms with Gasteiger partial charge < -0.3 is 19.4 Å². The molecule has 1 aromatic carbocycles. The van der Waals surface area contributed by atoms with E-state index in [0.29, 0.717) is 12.5 Å². The Hall–Kier alpha value is -1.73. The van der Waals surface area contributed by atoms with E-state index in [2.05, 4.69) is 27.1 Å². The molecule has 0 radical (unpaired) electrons. The van der Waals surface area contributed by atoms with Crippen molar-refractivity contribution in [1.29, 1.82) is 0 Å². The maximum absolute atomic E-state index is 5.76. The van der Waals surface area contributed by atoms with E-state index < -0.39 is 0 Å². The van der Waals surface area contributed by atoms with Crippen molar-refractivity contribution in [3.8, 4) is 11.5 Å². The van der Waals surface area contributed by atoms with Gasteiger partial charge in [0.05, 0.1) is 13.7 Å². The summed E-state index contributed by atoms with van der Waals surface area (Å²) in [5.74, 6) is 4.00. The minimum Gasteiger partial charge on any atom is -0.497 e. The maximum atomic E-state index is 5.76. The normalized spacial score (nSPS) is 17.7. The number of aromatic nitrogens is 3. The maximum Gasteiger partial charge on any atom is 0.191 e. The van der Waals surface area contributed by atoms with Crippen LogP contribution in [-0.2, 0) is 7.05 Å². The second kappa shape index (κ2) is 8.39. The summed E-state index contributed by atoms with van der Waals surface area (Å²) in [7, 11) is 3.71. The summed E-state index contributed by atoms with van der Waals surface area (Å²) in [5.41, 5.74) is 0. The molecule has 0 saturated carbocycles. The number of ether oxygens (including phenoxy) is 2. The van der Waals surface area contributed by atoms with Gasteiger partial charge >= 0.3 is 0 Å². The molecule has 1 atom stereocenters. The van der Waals surface area contributed by atoms with Gasteiger partial charge in [0.1, 0.15) is 17.3 Å². The predicted molar refractivity (Wildman–Crippen MR) is 95.1 cm³/mol. The number of thioether (sulfide) groups is 1. The van der Waals surface area contributed by atoms with Crippen LogP contribution in [0.5, 0.6) is 11.5 Å². The molecule has 0 amide bonds. The highest BCUT2D eigenvalue weighted by molar-refractivity contribution is 7.99. The molecule has 1 fully saturated rings. The third-order valence-electron chi connectivity index (χ3n) is 4.16. The number of nitrogens with zero attached hydrogens (tertiary/aromatic N) is 3. The second-order valence-electron chi connectivity index (χ2n) is 5.82. The molecule has 1 unspecified atom stereocenters. The Bertz CT molecular complexity index is 656. The topological polar surface area (TPSA) is 61.2 Å². The zero-order valence-electron chi connectivity index (χ0n) is 14.2. The van der Waals surface area contributed by atoms with Crippen LogP contribution < -0.4 is 14.8 Å². The molecule has 2 aromatic rings. The minimum atomic E-state index is 0.471. The van der Waals surface area contributed by atoms with Crippen molar-refractivity contribution in [2.75, 3.05) is 32.6 Å². The summed E-state index contributed by atoms with van der Waals surface area (Å²) in [5, 5.41) is 13.1. The average molecular weight is 348 g/mol. The van der Waals surface area contributed by atoms with Gasteiger partial charge in [-0.1, -0.05) is 17.8 Å². The zero-order chi connectivity index (χ0) is 16.8. The third kappa shape index (κ3) is 4.21. The number of nitrogens with one attached hydrogen (secondary N) is 1.